The Hall–Kier alpha value is -2.62. The van der Waals surface area contributed by atoms with Crippen LogP contribution in [-0.4, -0.2) is 42.1 Å². The van der Waals surface area contributed by atoms with Crippen LogP contribution in [0.1, 0.15) is 16.8 Å². The second-order valence-electron chi connectivity index (χ2n) is 3.96. The van der Waals surface area contributed by atoms with E-state index in [1.165, 1.54) is 11.9 Å². The van der Waals surface area contributed by atoms with Crippen LogP contribution in [0, 0.1) is 17.1 Å². The van der Waals surface area contributed by atoms with Crippen LogP contribution in [0.15, 0.2) is 18.2 Å². The highest BCUT2D eigenvalue weighted by Gasteiger charge is 2.15. The number of amides is 1. The predicted octanol–water partition coefficient (Wildman–Crippen LogP) is 1.27. The van der Waals surface area contributed by atoms with E-state index in [0.29, 0.717) is 0 Å². The van der Waals surface area contributed by atoms with Crippen LogP contribution < -0.4 is 4.74 Å². The number of carbonyl (C=O) groups is 2. The van der Waals surface area contributed by atoms with Crippen molar-refractivity contribution in [2.24, 2.45) is 0 Å². The molecule has 1 aromatic rings. The zero-order chi connectivity index (χ0) is 15.1. The number of rotatable bonds is 6. The molecule has 0 aliphatic carbocycles. The van der Waals surface area contributed by atoms with Crippen LogP contribution in [-0.2, 0) is 4.79 Å². The van der Waals surface area contributed by atoms with Gasteiger partial charge >= 0.3 is 5.97 Å². The van der Waals surface area contributed by atoms with E-state index in [1.807, 2.05) is 6.07 Å². The molecule has 6 nitrogen and oxygen atoms in total. The van der Waals surface area contributed by atoms with Gasteiger partial charge in [0.05, 0.1) is 12.5 Å². The third-order valence-electron chi connectivity index (χ3n) is 2.51. The summed E-state index contributed by atoms with van der Waals surface area (Å²) >= 11 is 0. The topological polar surface area (TPSA) is 90.6 Å². The van der Waals surface area contributed by atoms with Gasteiger partial charge in [-0.2, -0.15) is 5.26 Å². The summed E-state index contributed by atoms with van der Waals surface area (Å²) in [6.45, 7) is -0.123. The summed E-state index contributed by atoms with van der Waals surface area (Å²) in [5, 5.41) is 17.3. The first-order valence-electron chi connectivity index (χ1n) is 5.72. The maximum absolute atomic E-state index is 12.9. The molecule has 0 atom stereocenters. The minimum Gasteiger partial charge on any atom is -0.483 e. The molecule has 0 saturated carbocycles. The van der Waals surface area contributed by atoms with E-state index >= 15 is 0 Å². The normalized spacial score (nSPS) is 9.65. The first-order valence-corrected chi connectivity index (χ1v) is 5.72. The highest BCUT2D eigenvalue weighted by molar-refractivity contribution is 5.91. The number of carboxylic acid groups (broad SMARTS) is 1. The lowest BCUT2D eigenvalue weighted by Crippen LogP contribution is -2.32. The molecule has 0 bridgehead atoms. The lowest BCUT2D eigenvalue weighted by atomic mass is 10.2. The molecular weight excluding hydrogens is 267 g/mol. The van der Waals surface area contributed by atoms with Gasteiger partial charge in [-0.15, -0.1) is 0 Å². The summed E-state index contributed by atoms with van der Waals surface area (Å²) in [5.74, 6) is -2.53. The van der Waals surface area contributed by atoms with Gasteiger partial charge in [-0.1, -0.05) is 0 Å². The average Bonchev–Trinajstić information content (AvgIpc) is 2.42. The van der Waals surface area contributed by atoms with Crippen LogP contribution in [0.3, 0.4) is 0 Å². The summed E-state index contributed by atoms with van der Waals surface area (Å²) in [7, 11) is 1.51. The van der Waals surface area contributed by atoms with E-state index in [-0.39, 0.29) is 30.9 Å². The fourth-order valence-corrected chi connectivity index (χ4v) is 1.39. The van der Waals surface area contributed by atoms with Crippen LogP contribution in [0.25, 0.3) is 0 Å². The maximum Gasteiger partial charge on any atom is 0.339 e. The van der Waals surface area contributed by atoms with Crippen molar-refractivity contribution in [2.45, 2.75) is 6.42 Å². The van der Waals surface area contributed by atoms with Crippen molar-refractivity contribution in [3.63, 3.8) is 0 Å². The van der Waals surface area contributed by atoms with E-state index in [4.69, 9.17) is 15.1 Å². The fourth-order valence-electron chi connectivity index (χ4n) is 1.39. The molecule has 0 unspecified atom stereocenters. The van der Waals surface area contributed by atoms with Crippen molar-refractivity contribution in [3.05, 3.63) is 29.6 Å². The molecule has 0 fully saturated rings. The standard InChI is InChI=1S/C13H13FN2O4/c1-16(6-2-5-15)12(17)8-20-11-4-3-9(14)7-10(11)13(18)19/h3-4,7H,2,6,8H2,1H3,(H,18,19). The maximum atomic E-state index is 12.9. The molecule has 0 aliphatic heterocycles. The third-order valence-corrected chi connectivity index (χ3v) is 2.51. The summed E-state index contributed by atoms with van der Waals surface area (Å²) in [4.78, 5) is 23.9. The quantitative estimate of drug-likeness (QED) is 0.847. The van der Waals surface area contributed by atoms with Gasteiger partial charge in [-0.3, -0.25) is 4.79 Å². The molecular formula is C13H13FN2O4. The van der Waals surface area contributed by atoms with Crippen molar-refractivity contribution in [1.29, 1.82) is 5.26 Å². The van der Waals surface area contributed by atoms with Crippen molar-refractivity contribution in [1.82, 2.24) is 4.90 Å². The van der Waals surface area contributed by atoms with Gasteiger partial charge in [-0.05, 0) is 18.2 Å². The molecule has 20 heavy (non-hydrogen) atoms. The molecule has 0 aliphatic rings. The molecule has 0 heterocycles. The number of hydrogen-bond donors (Lipinski definition) is 1. The minimum absolute atomic E-state index is 0.0825. The smallest absolute Gasteiger partial charge is 0.339 e. The first-order chi connectivity index (χ1) is 9.45. The highest BCUT2D eigenvalue weighted by atomic mass is 19.1. The number of halogens is 1. The number of carboxylic acids is 1. The molecule has 1 aromatic carbocycles. The molecule has 1 amide bonds. The predicted molar refractivity (Wildman–Crippen MR) is 66.7 cm³/mol. The SMILES string of the molecule is CN(CCC#N)C(=O)COc1ccc(F)cc1C(=O)O. The summed E-state index contributed by atoms with van der Waals surface area (Å²) in [6, 6.07) is 4.93. The van der Waals surface area contributed by atoms with Gasteiger partial charge < -0.3 is 14.7 Å². The number of likely N-dealkylation sites (N-methyl/N-ethyl adjacent to an activating group) is 1. The number of hydrogen-bond acceptors (Lipinski definition) is 4. The third kappa shape index (κ3) is 4.24. The second kappa shape index (κ2) is 7.09. The highest BCUT2D eigenvalue weighted by Crippen LogP contribution is 2.19. The number of benzene rings is 1. The van der Waals surface area contributed by atoms with Crippen molar-refractivity contribution in [3.8, 4) is 11.8 Å². The fraction of sp³-hybridized carbons (Fsp3) is 0.308. The Morgan fingerprint density at radius 1 is 1.50 bits per heavy atom. The Bertz CT molecular complexity index is 554. The van der Waals surface area contributed by atoms with Crippen molar-refractivity contribution in [2.75, 3.05) is 20.2 Å². The van der Waals surface area contributed by atoms with Crippen LogP contribution in [0.2, 0.25) is 0 Å². The van der Waals surface area contributed by atoms with Gasteiger partial charge in [0.15, 0.2) is 6.61 Å². The van der Waals surface area contributed by atoms with Gasteiger partial charge in [0, 0.05) is 13.6 Å². The largest absolute Gasteiger partial charge is 0.483 e. The molecule has 1 rings (SSSR count). The first kappa shape index (κ1) is 15.4. The number of nitrogens with zero attached hydrogens (tertiary/aromatic N) is 2. The number of carbonyl (C=O) groups excluding carboxylic acids is 1. The summed E-state index contributed by atoms with van der Waals surface area (Å²) < 4.78 is 18.0. The molecule has 106 valence electrons. The lowest BCUT2D eigenvalue weighted by molar-refractivity contribution is -0.132. The zero-order valence-corrected chi connectivity index (χ0v) is 10.8. The molecule has 1 N–H and O–H groups in total. The van der Waals surface area contributed by atoms with Gasteiger partial charge in [-0.25, -0.2) is 9.18 Å². The van der Waals surface area contributed by atoms with E-state index in [1.54, 1.807) is 0 Å². The number of aromatic carboxylic acids is 1. The average molecular weight is 280 g/mol. The summed E-state index contributed by atoms with van der Waals surface area (Å²) in [5.41, 5.74) is -0.350. The molecule has 0 saturated heterocycles. The van der Waals surface area contributed by atoms with E-state index in [0.717, 1.165) is 18.2 Å². The van der Waals surface area contributed by atoms with E-state index < -0.39 is 17.7 Å². The Morgan fingerprint density at radius 2 is 2.20 bits per heavy atom. The molecule has 7 heteroatoms. The Balaban J connectivity index is 2.68. The zero-order valence-electron chi connectivity index (χ0n) is 10.8. The Kier molecular flexibility index (Phi) is 5.47. The monoisotopic (exact) mass is 280 g/mol. The number of nitriles is 1. The lowest BCUT2D eigenvalue weighted by Gasteiger charge is -2.16. The van der Waals surface area contributed by atoms with E-state index in [9.17, 15) is 14.0 Å². The van der Waals surface area contributed by atoms with Crippen LogP contribution in [0.4, 0.5) is 4.39 Å². The minimum atomic E-state index is -1.34. The summed E-state index contributed by atoms with van der Waals surface area (Å²) in [6.07, 6.45) is 0.194. The number of ether oxygens (including phenoxy) is 1. The van der Waals surface area contributed by atoms with E-state index in [2.05, 4.69) is 0 Å². The van der Waals surface area contributed by atoms with Gasteiger partial charge in [0.1, 0.15) is 17.1 Å². The van der Waals surface area contributed by atoms with Crippen molar-refractivity contribution < 1.29 is 23.8 Å². The molecule has 0 aromatic heterocycles. The molecule has 0 spiro atoms. The van der Waals surface area contributed by atoms with Crippen LogP contribution in [0.5, 0.6) is 5.75 Å². The Labute approximate surface area is 115 Å². The van der Waals surface area contributed by atoms with Gasteiger partial charge in [0.25, 0.3) is 5.91 Å². The Morgan fingerprint density at radius 3 is 2.80 bits per heavy atom. The second-order valence-corrected chi connectivity index (χ2v) is 3.96. The van der Waals surface area contributed by atoms with Gasteiger partial charge in [0.2, 0.25) is 0 Å². The molecule has 0 radical (unpaired) electrons. The van der Waals surface area contributed by atoms with Crippen LogP contribution >= 0.6 is 0 Å². The van der Waals surface area contributed by atoms with Crippen molar-refractivity contribution >= 4 is 11.9 Å².